The van der Waals surface area contributed by atoms with E-state index in [1.807, 2.05) is 0 Å². The van der Waals surface area contributed by atoms with Crippen LogP contribution in [-0.4, -0.2) is 48.0 Å². The maximum atomic E-state index is 12.5. The fraction of sp³-hybridized carbons (Fsp3) is 0.714. The molecule has 0 spiro atoms. The summed E-state index contributed by atoms with van der Waals surface area (Å²) in [5, 5.41) is 0. The van der Waals surface area contributed by atoms with Crippen molar-refractivity contribution in [1.82, 2.24) is 13.9 Å². The molecule has 0 saturated carbocycles. The van der Waals surface area contributed by atoms with Gasteiger partial charge in [-0.3, -0.25) is 9.36 Å². The summed E-state index contributed by atoms with van der Waals surface area (Å²) in [5.41, 5.74) is 0.731. The van der Waals surface area contributed by atoms with E-state index in [4.69, 9.17) is 0 Å². The monoisotopic (exact) mass is 375 g/mol. The number of fused-ring (bicyclic) bond motifs is 1. The Kier molecular flexibility index (Phi) is 4.33. The Morgan fingerprint density at radius 1 is 1.29 bits per heavy atom. The highest BCUT2D eigenvalue weighted by atomic mass is 32.2. The number of aromatic nitrogens is 2. The van der Waals surface area contributed by atoms with Gasteiger partial charge in [-0.1, -0.05) is 0 Å². The molecule has 1 fully saturated rings. The minimum Gasteiger partial charge on any atom is -0.300 e. The Labute approximate surface area is 141 Å². The number of hydrogen-bond donors (Lipinski definition) is 0. The van der Waals surface area contributed by atoms with E-state index in [1.54, 1.807) is 14.0 Å². The van der Waals surface area contributed by atoms with E-state index < -0.39 is 19.9 Å². The lowest BCUT2D eigenvalue weighted by molar-refractivity contribution is 0.424. The molecule has 3 rings (SSSR count). The van der Waals surface area contributed by atoms with E-state index in [9.17, 15) is 21.6 Å². The molecule has 3 heterocycles. The summed E-state index contributed by atoms with van der Waals surface area (Å²) in [6, 6.07) is 0. The summed E-state index contributed by atoms with van der Waals surface area (Å²) in [5.74, 6) is 0.577. The lowest BCUT2D eigenvalue weighted by atomic mass is 10.1. The van der Waals surface area contributed by atoms with Crippen LogP contribution in [0.4, 0.5) is 0 Å². The van der Waals surface area contributed by atoms with Crippen molar-refractivity contribution in [2.24, 2.45) is 13.0 Å². The number of aryl methyl sites for hydroxylation is 1. The van der Waals surface area contributed by atoms with E-state index in [2.05, 4.69) is 4.98 Å². The van der Waals surface area contributed by atoms with Crippen LogP contribution in [-0.2, 0) is 40.0 Å². The van der Waals surface area contributed by atoms with Gasteiger partial charge >= 0.3 is 0 Å². The molecule has 1 atom stereocenters. The van der Waals surface area contributed by atoms with Gasteiger partial charge in [-0.15, -0.1) is 0 Å². The Hall–Kier alpha value is -1.26. The molecule has 8 nitrogen and oxygen atoms in total. The van der Waals surface area contributed by atoms with Crippen molar-refractivity contribution in [2.45, 2.75) is 32.9 Å². The third kappa shape index (κ3) is 3.27. The first-order valence-corrected chi connectivity index (χ1v) is 11.3. The van der Waals surface area contributed by atoms with Crippen LogP contribution in [0.25, 0.3) is 0 Å². The van der Waals surface area contributed by atoms with Gasteiger partial charge in [0.1, 0.15) is 5.82 Å². The predicted molar refractivity (Wildman–Crippen MR) is 88.6 cm³/mol. The highest BCUT2D eigenvalue weighted by Crippen LogP contribution is 2.25. The number of hydrogen-bond acceptors (Lipinski definition) is 6. The number of nitrogens with zero attached hydrogens (tertiary/aromatic N) is 3. The summed E-state index contributed by atoms with van der Waals surface area (Å²) in [4.78, 5) is 16.5. The molecule has 0 aliphatic carbocycles. The van der Waals surface area contributed by atoms with Gasteiger partial charge in [0.15, 0.2) is 9.84 Å². The largest absolute Gasteiger partial charge is 0.300 e. The van der Waals surface area contributed by atoms with Crippen LogP contribution in [0.3, 0.4) is 0 Å². The third-order valence-corrected chi connectivity index (χ3v) is 8.49. The SMILES string of the molecule is Cc1nc2c(c(=O)n1C)CN(S(=O)(=O)CCC1CCS(=O)(=O)C1)C2. The van der Waals surface area contributed by atoms with Gasteiger partial charge in [-0.05, 0) is 25.7 Å². The molecule has 134 valence electrons. The molecule has 24 heavy (non-hydrogen) atoms. The molecule has 1 saturated heterocycles. The zero-order chi connectivity index (χ0) is 17.7. The zero-order valence-corrected chi connectivity index (χ0v) is 15.4. The van der Waals surface area contributed by atoms with Gasteiger partial charge in [0, 0.05) is 13.6 Å². The highest BCUT2D eigenvalue weighted by molar-refractivity contribution is 7.91. The molecular weight excluding hydrogens is 354 g/mol. The molecule has 0 bridgehead atoms. The van der Waals surface area contributed by atoms with Crippen molar-refractivity contribution in [3.05, 3.63) is 27.4 Å². The summed E-state index contributed by atoms with van der Waals surface area (Å²) in [7, 11) is -4.93. The molecule has 1 aromatic rings. The lowest BCUT2D eigenvalue weighted by Crippen LogP contribution is -2.30. The van der Waals surface area contributed by atoms with Crippen LogP contribution in [0, 0.1) is 12.8 Å². The van der Waals surface area contributed by atoms with Crippen molar-refractivity contribution in [3.8, 4) is 0 Å². The van der Waals surface area contributed by atoms with E-state index in [0.717, 1.165) is 0 Å². The predicted octanol–water partition coefficient (Wildman–Crippen LogP) is -0.441. The van der Waals surface area contributed by atoms with Gasteiger partial charge < -0.3 is 0 Å². The average molecular weight is 375 g/mol. The first kappa shape index (κ1) is 17.6. The molecule has 0 amide bonds. The molecule has 0 aromatic carbocycles. The van der Waals surface area contributed by atoms with Crippen molar-refractivity contribution >= 4 is 19.9 Å². The highest BCUT2D eigenvalue weighted by Gasteiger charge is 2.34. The van der Waals surface area contributed by atoms with Crippen LogP contribution in [0.15, 0.2) is 4.79 Å². The summed E-state index contributed by atoms with van der Waals surface area (Å²) in [6.07, 6.45) is 0.859. The molecular formula is C14H21N3O5S2. The van der Waals surface area contributed by atoms with Gasteiger partial charge in [-0.2, -0.15) is 4.31 Å². The van der Waals surface area contributed by atoms with Crippen LogP contribution >= 0.6 is 0 Å². The molecule has 2 aliphatic heterocycles. The topological polar surface area (TPSA) is 106 Å². The first-order valence-electron chi connectivity index (χ1n) is 7.83. The van der Waals surface area contributed by atoms with E-state index in [-0.39, 0.29) is 41.8 Å². The van der Waals surface area contributed by atoms with Gasteiger partial charge in [-0.25, -0.2) is 21.8 Å². The number of rotatable bonds is 4. The quantitative estimate of drug-likeness (QED) is 0.706. The van der Waals surface area contributed by atoms with Crippen molar-refractivity contribution < 1.29 is 16.8 Å². The van der Waals surface area contributed by atoms with Gasteiger partial charge in [0.05, 0.1) is 35.1 Å². The summed E-state index contributed by atoms with van der Waals surface area (Å²) in [6.45, 7) is 1.86. The second-order valence-electron chi connectivity index (χ2n) is 6.59. The van der Waals surface area contributed by atoms with Crippen molar-refractivity contribution in [2.75, 3.05) is 17.3 Å². The summed E-state index contributed by atoms with van der Waals surface area (Å²) >= 11 is 0. The van der Waals surface area contributed by atoms with Crippen LogP contribution in [0.5, 0.6) is 0 Å². The van der Waals surface area contributed by atoms with Gasteiger partial charge in [0.25, 0.3) is 5.56 Å². The maximum Gasteiger partial charge on any atom is 0.258 e. The van der Waals surface area contributed by atoms with Gasteiger partial charge in [0.2, 0.25) is 10.0 Å². The Morgan fingerprint density at radius 3 is 2.62 bits per heavy atom. The molecule has 10 heteroatoms. The Balaban J connectivity index is 1.71. The Bertz CT molecular complexity index is 934. The molecule has 2 aliphatic rings. The fourth-order valence-electron chi connectivity index (χ4n) is 3.24. The third-order valence-electron chi connectivity index (χ3n) is 4.86. The van der Waals surface area contributed by atoms with Crippen LogP contribution in [0.2, 0.25) is 0 Å². The van der Waals surface area contributed by atoms with E-state index in [0.29, 0.717) is 29.9 Å². The second kappa shape index (κ2) is 5.92. The second-order valence-corrected chi connectivity index (χ2v) is 10.9. The maximum absolute atomic E-state index is 12.5. The first-order chi connectivity index (χ1) is 11.1. The molecule has 1 aromatic heterocycles. The lowest BCUT2D eigenvalue weighted by Gasteiger charge is -2.16. The Morgan fingerprint density at radius 2 is 2.00 bits per heavy atom. The minimum atomic E-state index is -3.54. The normalized spacial score (nSPS) is 23.5. The molecule has 0 radical (unpaired) electrons. The van der Waals surface area contributed by atoms with E-state index >= 15 is 0 Å². The van der Waals surface area contributed by atoms with Crippen molar-refractivity contribution in [3.63, 3.8) is 0 Å². The molecule has 0 N–H and O–H groups in total. The standard InChI is InChI=1S/C14H21N3O5S2/c1-10-15-13-8-17(7-12(13)14(18)16(10)2)24(21,22)6-4-11-3-5-23(19,20)9-11/h11H,3-9H2,1-2H3. The average Bonchev–Trinajstić information content (AvgIpc) is 3.07. The molecule has 1 unspecified atom stereocenters. The van der Waals surface area contributed by atoms with E-state index in [1.165, 1.54) is 8.87 Å². The number of sulfone groups is 1. The number of sulfonamides is 1. The van der Waals surface area contributed by atoms with Crippen LogP contribution in [0.1, 0.15) is 29.9 Å². The zero-order valence-electron chi connectivity index (χ0n) is 13.7. The fourth-order valence-corrected chi connectivity index (χ4v) is 6.69. The van der Waals surface area contributed by atoms with Crippen LogP contribution < -0.4 is 5.56 Å². The smallest absolute Gasteiger partial charge is 0.258 e. The van der Waals surface area contributed by atoms with Crippen molar-refractivity contribution in [1.29, 1.82) is 0 Å². The minimum absolute atomic E-state index is 0.0422. The summed E-state index contributed by atoms with van der Waals surface area (Å²) < 4.78 is 50.7.